The highest BCUT2D eigenvalue weighted by atomic mass is 32.2. The van der Waals surface area contributed by atoms with Gasteiger partial charge in [0.05, 0.1) is 13.0 Å². The number of carbonyl (C=O) groups is 2. The lowest BCUT2D eigenvalue weighted by Gasteiger charge is -2.58. The number of carbonyl (C=O) groups excluding carboxylic acids is 2. The molecule has 4 aliphatic carbocycles. The molecule has 4 unspecified atom stereocenters. The van der Waals surface area contributed by atoms with Crippen LogP contribution in [0.3, 0.4) is 0 Å². The highest BCUT2D eigenvalue weighted by molar-refractivity contribution is 7.87. The van der Waals surface area contributed by atoms with Gasteiger partial charge in [-0.25, -0.2) is 0 Å². The summed E-state index contributed by atoms with van der Waals surface area (Å²) in [6, 6.07) is 0. The molecule has 29 heavy (non-hydrogen) atoms. The average Bonchev–Trinajstić information content (AvgIpc) is 2.58. The molecule has 8 nitrogen and oxygen atoms in total. The van der Waals surface area contributed by atoms with Gasteiger partial charge in [0.1, 0.15) is 6.10 Å². The standard InChI is InChI=1S/C20H33NO7S/c1-3-4-12(2)11-27-17(22)7-16(29(24,25)26)19(23)28-18-14-5-13-6-15(18)10-20(21,8-13)9-14/h12-16,18H,3-11,21H2,1-2H3,(H,24,25,26). The van der Waals surface area contributed by atoms with Gasteiger partial charge in [0.15, 0.2) is 5.25 Å². The topological polar surface area (TPSA) is 133 Å². The molecule has 0 spiro atoms. The first-order valence-electron chi connectivity index (χ1n) is 10.6. The van der Waals surface area contributed by atoms with Gasteiger partial charge in [-0.15, -0.1) is 0 Å². The van der Waals surface area contributed by atoms with Gasteiger partial charge < -0.3 is 15.2 Å². The van der Waals surface area contributed by atoms with Crippen molar-refractivity contribution in [3.05, 3.63) is 0 Å². The van der Waals surface area contributed by atoms with Crippen molar-refractivity contribution in [2.45, 2.75) is 82.1 Å². The number of hydrogen-bond acceptors (Lipinski definition) is 7. The minimum absolute atomic E-state index is 0.110. The minimum atomic E-state index is -4.80. The first-order chi connectivity index (χ1) is 13.5. The van der Waals surface area contributed by atoms with Crippen LogP contribution in [-0.2, 0) is 29.2 Å². The molecule has 3 N–H and O–H groups in total. The minimum Gasteiger partial charge on any atom is -0.465 e. The molecule has 4 atom stereocenters. The fraction of sp³-hybridized carbons (Fsp3) is 0.900. The summed E-state index contributed by atoms with van der Waals surface area (Å²) in [7, 11) is -4.80. The van der Waals surface area contributed by atoms with Crippen LogP contribution >= 0.6 is 0 Å². The number of ether oxygens (including phenoxy) is 2. The maximum atomic E-state index is 12.6. The third kappa shape index (κ3) is 5.30. The van der Waals surface area contributed by atoms with Gasteiger partial charge in [0.2, 0.25) is 0 Å². The molecule has 0 aromatic carbocycles. The first-order valence-corrected chi connectivity index (χ1v) is 12.1. The Bertz CT molecular complexity index is 721. The summed E-state index contributed by atoms with van der Waals surface area (Å²) in [5.74, 6) is -1.02. The zero-order chi connectivity index (χ0) is 21.4. The van der Waals surface area contributed by atoms with E-state index in [9.17, 15) is 22.6 Å². The number of nitrogens with two attached hydrogens (primary N) is 1. The highest BCUT2D eigenvalue weighted by Crippen LogP contribution is 2.55. The molecule has 0 aromatic rings. The molecular formula is C20H33NO7S. The maximum Gasteiger partial charge on any atom is 0.327 e. The van der Waals surface area contributed by atoms with Gasteiger partial charge >= 0.3 is 11.9 Å². The monoisotopic (exact) mass is 431 g/mol. The third-order valence-electron chi connectivity index (χ3n) is 6.77. The second-order valence-electron chi connectivity index (χ2n) is 9.52. The lowest BCUT2D eigenvalue weighted by atomic mass is 9.52. The van der Waals surface area contributed by atoms with Crippen LogP contribution < -0.4 is 5.73 Å². The Labute approximate surface area is 172 Å². The van der Waals surface area contributed by atoms with Crippen molar-refractivity contribution in [3.63, 3.8) is 0 Å². The third-order valence-corrected chi connectivity index (χ3v) is 7.85. The largest absolute Gasteiger partial charge is 0.465 e. The molecule has 4 rings (SSSR count). The van der Waals surface area contributed by atoms with Gasteiger partial charge in [-0.2, -0.15) is 8.42 Å². The van der Waals surface area contributed by atoms with Crippen LogP contribution in [0.5, 0.6) is 0 Å². The van der Waals surface area contributed by atoms with E-state index in [1.807, 2.05) is 13.8 Å². The number of hydrogen-bond donors (Lipinski definition) is 2. The summed E-state index contributed by atoms with van der Waals surface area (Å²) in [4.78, 5) is 24.7. The zero-order valence-electron chi connectivity index (χ0n) is 17.2. The molecule has 4 saturated carbocycles. The van der Waals surface area contributed by atoms with E-state index in [2.05, 4.69) is 0 Å². The molecule has 166 valence electrons. The Morgan fingerprint density at radius 2 is 1.83 bits per heavy atom. The van der Waals surface area contributed by atoms with E-state index in [1.165, 1.54) is 0 Å². The summed E-state index contributed by atoms with van der Waals surface area (Å²) >= 11 is 0. The Morgan fingerprint density at radius 3 is 2.34 bits per heavy atom. The van der Waals surface area contributed by atoms with Crippen LogP contribution in [0.2, 0.25) is 0 Å². The van der Waals surface area contributed by atoms with E-state index in [0.717, 1.165) is 44.9 Å². The highest BCUT2D eigenvalue weighted by Gasteiger charge is 2.55. The predicted molar refractivity (Wildman–Crippen MR) is 105 cm³/mol. The molecular weight excluding hydrogens is 398 g/mol. The molecule has 4 fully saturated rings. The summed E-state index contributed by atoms with van der Waals surface area (Å²) in [6.07, 6.45) is 5.00. The van der Waals surface area contributed by atoms with E-state index < -0.39 is 39.8 Å². The van der Waals surface area contributed by atoms with Gasteiger partial charge in [0, 0.05) is 5.54 Å². The molecule has 0 aliphatic heterocycles. The normalized spacial score (nSPS) is 35.2. The molecule has 0 heterocycles. The van der Waals surface area contributed by atoms with Crippen molar-refractivity contribution in [1.82, 2.24) is 0 Å². The molecule has 0 radical (unpaired) electrons. The van der Waals surface area contributed by atoms with Gasteiger partial charge in [-0.05, 0) is 62.2 Å². The van der Waals surface area contributed by atoms with Gasteiger partial charge in [0.25, 0.3) is 10.1 Å². The second kappa shape index (κ2) is 8.51. The Hall–Kier alpha value is -1.19. The average molecular weight is 432 g/mol. The van der Waals surface area contributed by atoms with Gasteiger partial charge in [-0.3, -0.25) is 14.1 Å². The van der Waals surface area contributed by atoms with Crippen molar-refractivity contribution >= 4 is 22.1 Å². The molecule has 0 aromatic heterocycles. The van der Waals surface area contributed by atoms with Crippen LogP contribution in [0, 0.1) is 23.7 Å². The number of rotatable bonds is 9. The van der Waals surface area contributed by atoms with Crippen LogP contribution in [0.25, 0.3) is 0 Å². The number of esters is 2. The fourth-order valence-corrected chi connectivity index (χ4v) is 6.42. The van der Waals surface area contributed by atoms with E-state index in [1.54, 1.807) is 0 Å². The summed E-state index contributed by atoms with van der Waals surface area (Å²) in [5, 5.41) is -1.96. The van der Waals surface area contributed by atoms with Crippen molar-refractivity contribution in [3.8, 4) is 0 Å². The Morgan fingerprint density at radius 1 is 1.21 bits per heavy atom. The van der Waals surface area contributed by atoms with E-state index >= 15 is 0 Å². The second-order valence-corrected chi connectivity index (χ2v) is 11.1. The molecule has 0 saturated heterocycles. The fourth-order valence-electron chi connectivity index (χ4n) is 5.77. The Balaban J connectivity index is 1.61. The van der Waals surface area contributed by atoms with Crippen molar-refractivity contribution in [1.29, 1.82) is 0 Å². The van der Waals surface area contributed by atoms with Crippen LogP contribution in [0.1, 0.15) is 65.2 Å². The van der Waals surface area contributed by atoms with Gasteiger partial charge in [-0.1, -0.05) is 20.3 Å². The van der Waals surface area contributed by atoms with Crippen molar-refractivity contribution in [2.75, 3.05) is 6.61 Å². The smallest absolute Gasteiger partial charge is 0.327 e. The summed E-state index contributed by atoms with van der Waals surface area (Å²) in [6.45, 7) is 4.08. The first kappa shape index (κ1) is 22.5. The van der Waals surface area contributed by atoms with Crippen LogP contribution in [-0.4, -0.2) is 48.4 Å². The van der Waals surface area contributed by atoms with Crippen LogP contribution in [0.15, 0.2) is 0 Å². The van der Waals surface area contributed by atoms with Crippen molar-refractivity contribution < 1.29 is 32.0 Å². The van der Waals surface area contributed by atoms with E-state index in [-0.39, 0.29) is 29.9 Å². The molecule has 4 aliphatic rings. The quantitative estimate of drug-likeness (QED) is 0.419. The predicted octanol–water partition coefficient (Wildman–Crippen LogP) is 2.06. The molecule has 9 heteroatoms. The van der Waals surface area contributed by atoms with Crippen molar-refractivity contribution in [2.24, 2.45) is 29.4 Å². The molecule has 4 bridgehead atoms. The summed E-state index contributed by atoms with van der Waals surface area (Å²) < 4.78 is 43.7. The Kier molecular flexibility index (Phi) is 6.60. The molecule has 0 amide bonds. The lowest BCUT2D eigenvalue weighted by molar-refractivity contribution is -0.173. The SMILES string of the molecule is CCCC(C)COC(=O)CC(C(=O)OC1C2CC3CC1CC(N)(C3)C2)S(=O)(=O)O. The lowest BCUT2D eigenvalue weighted by Crippen LogP contribution is -2.62. The van der Waals surface area contributed by atoms with Crippen LogP contribution in [0.4, 0.5) is 0 Å². The summed E-state index contributed by atoms with van der Waals surface area (Å²) in [5.41, 5.74) is 6.24. The zero-order valence-corrected chi connectivity index (χ0v) is 18.0. The van der Waals surface area contributed by atoms with E-state index in [0.29, 0.717) is 5.92 Å². The maximum absolute atomic E-state index is 12.6. The van der Waals surface area contributed by atoms with E-state index in [4.69, 9.17) is 15.2 Å².